The second kappa shape index (κ2) is 8.75. The van der Waals surface area contributed by atoms with Crippen molar-refractivity contribution >= 4 is 40.4 Å². The molecule has 1 aromatic heterocycles. The molecule has 0 unspecified atom stereocenters. The van der Waals surface area contributed by atoms with Crippen LogP contribution in [-0.4, -0.2) is 47.8 Å². The first kappa shape index (κ1) is 21.0. The molecule has 1 aliphatic rings. The molecule has 0 bridgehead atoms. The number of likely N-dealkylation sites (N-methyl/N-ethyl adjacent to an activating group) is 1. The van der Waals surface area contributed by atoms with Crippen molar-refractivity contribution in [2.75, 3.05) is 29.9 Å². The Morgan fingerprint density at radius 3 is 2.62 bits per heavy atom. The number of hydrogen-bond acceptors (Lipinski definition) is 5. The number of hydrogen-bond donors (Lipinski definition) is 2. The second-order valence-electron chi connectivity index (χ2n) is 7.42. The average Bonchev–Trinajstić information content (AvgIpc) is 3.20. The van der Waals surface area contributed by atoms with Gasteiger partial charge in [-0.15, -0.1) is 11.3 Å². The number of carbonyl (C=O) groups excluding carboxylic acids is 3. The lowest BCUT2D eigenvalue weighted by molar-refractivity contribution is -0.128. The first-order valence-corrected chi connectivity index (χ1v) is 10.5. The molecule has 29 heavy (non-hydrogen) atoms. The van der Waals surface area contributed by atoms with Crippen LogP contribution >= 0.6 is 11.3 Å². The third kappa shape index (κ3) is 4.65. The van der Waals surface area contributed by atoms with Crippen molar-refractivity contribution in [1.82, 2.24) is 10.2 Å². The van der Waals surface area contributed by atoms with Crippen molar-refractivity contribution in [3.05, 3.63) is 46.7 Å². The van der Waals surface area contributed by atoms with Crippen LogP contribution in [0.4, 0.5) is 11.4 Å². The summed E-state index contributed by atoms with van der Waals surface area (Å²) in [6.07, 6.45) is 0. The molecule has 2 heterocycles. The van der Waals surface area contributed by atoms with Crippen LogP contribution in [0.15, 0.2) is 41.8 Å². The molecule has 3 rings (SSSR count). The van der Waals surface area contributed by atoms with Gasteiger partial charge in [-0.25, -0.2) is 0 Å². The van der Waals surface area contributed by atoms with Crippen molar-refractivity contribution in [3.8, 4) is 0 Å². The van der Waals surface area contributed by atoms with Crippen LogP contribution in [0.3, 0.4) is 0 Å². The summed E-state index contributed by atoms with van der Waals surface area (Å²) in [5, 5.41) is 7.70. The highest BCUT2D eigenvalue weighted by Crippen LogP contribution is 2.36. The molecule has 0 spiro atoms. The Morgan fingerprint density at radius 1 is 1.17 bits per heavy atom. The minimum absolute atomic E-state index is 0.0496. The summed E-state index contributed by atoms with van der Waals surface area (Å²) >= 11 is 1.59. The van der Waals surface area contributed by atoms with Gasteiger partial charge in [0, 0.05) is 4.88 Å². The second-order valence-corrected chi connectivity index (χ2v) is 8.45. The highest BCUT2D eigenvalue weighted by molar-refractivity contribution is 7.09. The zero-order valence-electron chi connectivity index (χ0n) is 16.9. The van der Waals surface area contributed by atoms with Gasteiger partial charge in [-0.1, -0.05) is 25.1 Å². The van der Waals surface area contributed by atoms with Gasteiger partial charge in [0.1, 0.15) is 5.54 Å². The maximum Gasteiger partial charge on any atom is 0.250 e. The Kier molecular flexibility index (Phi) is 6.34. The SMILES string of the molecule is CCN(CC(=O)NCc1cccs1)CC(=O)N1c2ccccc2NC(=O)C1(C)C. The van der Waals surface area contributed by atoms with E-state index < -0.39 is 5.54 Å². The Hall–Kier alpha value is -2.71. The van der Waals surface area contributed by atoms with Crippen molar-refractivity contribution in [1.29, 1.82) is 0 Å². The molecule has 1 aromatic carbocycles. The van der Waals surface area contributed by atoms with Crippen LogP contribution < -0.4 is 15.5 Å². The highest BCUT2D eigenvalue weighted by Gasteiger charge is 2.43. The molecule has 8 heteroatoms. The monoisotopic (exact) mass is 414 g/mol. The average molecular weight is 415 g/mol. The van der Waals surface area contributed by atoms with Crippen molar-refractivity contribution in [2.45, 2.75) is 32.9 Å². The number of benzene rings is 1. The van der Waals surface area contributed by atoms with E-state index >= 15 is 0 Å². The zero-order valence-corrected chi connectivity index (χ0v) is 17.7. The number of nitrogens with zero attached hydrogens (tertiary/aromatic N) is 2. The molecule has 0 aliphatic carbocycles. The summed E-state index contributed by atoms with van der Waals surface area (Å²) in [6.45, 7) is 6.54. The third-order valence-electron chi connectivity index (χ3n) is 4.97. The first-order chi connectivity index (χ1) is 13.8. The molecule has 154 valence electrons. The fourth-order valence-electron chi connectivity index (χ4n) is 3.30. The zero-order chi connectivity index (χ0) is 21.0. The summed E-state index contributed by atoms with van der Waals surface area (Å²) in [7, 11) is 0. The van der Waals surface area contributed by atoms with E-state index in [1.165, 1.54) is 4.90 Å². The van der Waals surface area contributed by atoms with Crippen LogP contribution in [0, 0.1) is 0 Å². The van der Waals surface area contributed by atoms with Crippen LogP contribution in [0.2, 0.25) is 0 Å². The molecular formula is C21H26N4O3S. The topological polar surface area (TPSA) is 81.8 Å². The van der Waals surface area contributed by atoms with Gasteiger partial charge in [0.2, 0.25) is 17.7 Å². The van der Waals surface area contributed by atoms with Crippen LogP contribution in [-0.2, 0) is 20.9 Å². The van der Waals surface area contributed by atoms with E-state index in [1.807, 2.05) is 42.6 Å². The van der Waals surface area contributed by atoms with Crippen molar-refractivity contribution in [2.24, 2.45) is 0 Å². The van der Waals surface area contributed by atoms with Crippen LogP contribution in [0.1, 0.15) is 25.6 Å². The summed E-state index contributed by atoms with van der Waals surface area (Å²) in [6, 6.07) is 11.2. The largest absolute Gasteiger partial charge is 0.350 e. The summed E-state index contributed by atoms with van der Waals surface area (Å²) in [4.78, 5) is 42.4. The van der Waals surface area contributed by atoms with Gasteiger partial charge in [0.15, 0.2) is 0 Å². The van der Waals surface area contributed by atoms with Crippen molar-refractivity contribution < 1.29 is 14.4 Å². The smallest absolute Gasteiger partial charge is 0.250 e. The third-order valence-corrected chi connectivity index (χ3v) is 5.85. The van der Waals surface area contributed by atoms with Gasteiger partial charge < -0.3 is 10.6 Å². The first-order valence-electron chi connectivity index (χ1n) is 9.58. The number of thiophene rings is 1. The fourth-order valence-corrected chi connectivity index (χ4v) is 3.94. The van der Waals surface area contributed by atoms with Gasteiger partial charge in [0.05, 0.1) is 31.0 Å². The number of nitrogens with one attached hydrogen (secondary N) is 2. The molecule has 2 aromatic rings. The standard InChI is InChI=1S/C21H26N4O3S/c1-4-24(13-18(26)22-12-15-8-7-11-29-15)14-19(27)25-17-10-6-5-9-16(17)23-20(28)21(25,2)3/h5-11H,4,12-14H2,1-3H3,(H,22,26)(H,23,28). The lowest BCUT2D eigenvalue weighted by atomic mass is 9.96. The highest BCUT2D eigenvalue weighted by atomic mass is 32.1. The molecule has 2 N–H and O–H groups in total. The maximum atomic E-state index is 13.2. The molecule has 0 saturated carbocycles. The van der Waals surface area contributed by atoms with Gasteiger partial charge in [-0.2, -0.15) is 0 Å². The molecule has 0 fully saturated rings. The number of rotatable bonds is 7. The van der Waals surface area contributed by atoms with E-state index in [1.54, 1.807) is 36.2 Å². The maximum absolute atomic E-state index is 13.2. The number of para-hydroxylation sites is 2. The van der Waals surface area contributed by atoms with E-state index in [4.69, 9.17) is 0 Å². The van der Waals surface area contributed by atoms with E-state index in [2.05, 4.69) is 10.6 Å². The van der Waals surface area contributed by atoms with E-state index in [-0.39, 0.29) is 30.8 Å². The minimum Gasteiger partial charge on any atom is -0.350 e. The van der Waals surface area contributed by atoms with Gasteiger partial charge in [0.25, 0.3) is 0 Å². The van der Waals surface area contributed by atoms with Crippen LogP contribution in [0.25, 0.3) is 0 Å². The Bertz CT molecular complexity index is 895. The molecule has 0 radical (unpaired) electrons. The molecular weight excluding hydrogens is 388 g/mol. The van der Waals surface area contributed by atoms with Gasteiger partial charge >= 0.3 is 0 Å². The predicted molar refractivity (Wildman–Crippen MR) is 115 cm³/mol. The molecule has 1 aliphatic heterocycles. The van der Waals surface area contributed by atoms with Gasteiger partial charge in [-0.3, -0.25) is 24.2 Å². The number of carbonyl (C=O) groups is 3. The van der Waals surface area contributed by atoms with E-state index in [0.29, 0.717) is 24.5 Å². The Labute approximate surface area is 174 Å². The Morgan fingerprint density at radius 2 is 1.93 bits per heavy atom. The number of amides is 3. The molecule has 7 nitrogen and oxygen atoms in total. The number of anilines is 2. The molecule has 0 atom stereocenters. The Balaban J connectivity index is 1.68. The predicted octanol–water partition coefficient (Wildman–Crippen LogP) is 2.45. The van der Waals surface area contributed by atoms with Gasteiger partial charge in [-0.05, 0) is 44.0 Å². The lowest BCUT2D eigenvalue weighted by Crippen LogP contribution is -2.60. The summed E-state index contributed by atoms with van der Waals surface area (Å²) in [5.74, 6) is -0.587. The summed E-state index contributed by atoms with van der Waals surface area (Å²) in [5.41, 5.74) is 0.258. The van der Waals surface area contributed by atoms with Crippen molar-refractivity contribution in [3.63, 3.8) is 0 Å². The lowest BCUT2D eigenvalue weighted by Gasteiger charge is -2.42. The molecule has 0 saturated heterocycles. The normalized spacial score (nSPS) is 15.0. The summed E-state index contributed by atoms with van der Waals surface area (Å²) < 4.78 is 0. The quantitative estimate of drug-likeness (QED) is 0.729. The molecule has 3 amide bonds. The van der Waals surface area contributed by atoms with Crippen LogP contribution in [0.5, 0.6) is 0 Å². The number of fused-ring (bicyclic) bond motifs is 1. The van der Waals surface area contributed by atoms with E-state index in [9.17, 15) is 14.4 Å². The fraction of sp³-hybridized carbons (Fsp3) is 0.381. The van der Waals surface area contributed by atoms with E-state index in [0.717, 1.165) is 4.88 Å². The minimum atomic E-state index is -1.02.